The predicted octanol–water partition coefficient (Wildman–Crippen LogP) is 2.03. The van der Waals surface area contributed by atoms with E-state index in [2.05, 4.69) is 4.90 Å². The quantitative estimate of drug-likeness (QED) is 0.904. The Bertz CT molecular complexity index is 451. The molecule has 1 aliphatic rings. The van der Waals surface area contributed by atoms with Gasteiger partial charge in [-0.25, -0.2) is 0 Å². The maximum atomic E-state index is 12.2. The minimum Gasteiger partial charge on any atom is -0.340 e. The number of carbonyl (C=O) groups excluding carboxylic acids is 1. The van der Waals surface area contributed by atoms with Crippen molar-refractivity contribution in [1.82, 2.24) is 9.80 Å². The summed E-state index contributed by atoms with van der Waals surface area (Å²) in [5, 5.41) is 0. The Balaban J connectivity index is 1.81. The number of nitrogens with zero attached hydrogens (tertiary/aromatic N) is 2. The van der Waals surface area contributed by atoms with Crippen LogP contribution < -0.4 is 5.73 Å². The zero-order chi connectivity index (χ0) is 14.5. The van der Waals surface area contributed by atoms with E-state index in [1.807, 2.05) is 19.2 Å². The van der Waals surface area contributed by atoms with Crippen LogP contribution in [0.1, 0.15) is 17.7 Å². The highest BCUT2D eigenvalue weighted by atomic mass is 35.5. The van der Waals surface area contributed by atoms with Crippen LogP contribution in [0.4, 0.5) is 0 Å². The van der Waals surface area contributed by atoms with Crippen LogP contribution in [-0.4, -0.2) is 48.9 Å². The number of likely N-dealkylation sites (N-methyl/N-ethyl adjacent to an activating group) is 1. The number of halogens is 1. The molecule has 1 unspecified atom stereocenters. The molecular weight excluding hydrogens is 294 g/mol. The first-order valence-corrected chi connectivity index (χ1v) is 8.18. The molecule has 20 heavy (non-hydrogen) atoms. The Morgan fingerprint density at radius 2 is 2.40 bits per heavy atom. The van der Waals surface area contributed by atoms with Crippen molar-refractivity contribution in [1.29, 1.82) is 0 Å². The fourth-order valence-electron chi connectivity index (χ4n) is 2.56. The number of hydrogen-bond donors (Lipinski definition) is 1. The number of piperidine rings is 1. The second kappa shape index (κ2) is 7.41. The number of hydrogen-bond acceptors (Lipinski definition) is 4. The Kier molecular flexibility index (Phi) is 5.84. The fourth-order valence-corrected chi connectivity index (χ4v) is 3.70. The number of rotatable bonds is 5. The lowest BCUT2D eigenvalue weighted by Crippen LogP contribution is -2.44. The molecule has 1 saturated heterocycles. The van der Waals surface area contributed by atoms with Gasteiger partial charge in [0.05, 0.1) is 17.4 Å². The average Bonchev–Trinajstić information content (AvgIpc) is 2.84. The van der Waals surface area contributed by atoms with Gasteiger partial charge in [0.2, 0.25) is 5.91 Å². The summed E-state index contributed by atoms with van der Waals surface area (Å²) in [6.07, 6.45) is 2.32. The highest BCUT2D eigenvalue weighted by Crippen LogP contribution is 2.22. The van der Waals surface area contributed by atoms with Crippen molar-refractivity contribution in [2.75, 3.05) is 33.2 Å². The maximum absolute atomic E-state index is 12.2. The normalized spacial score (nSPS) is 20.1. The minimum absolute atomic E-state index is 0.159. The van der Waals surface area contributed by atoms with E-state index in [-0.39, 0.29) is 5.91 Å². The number of thiophene rings is 1. The third-order valence-electron chi connectivity index (χ3n) is 3.74. The molecule has 6 heteroatoms. The molecule has 0 saturated carbocycles. The molecule has 2 heterocycles. The monoisotopic (exact) mass is 315 g/mol. The molecule has 4 nitrogen and oxygen atoms in total. The molecule has 0 aromatic carbocycles. The van der Waals surface area contributed by atoms with E-state index >= 15 is 0 Å². The van der Waals surface area contributed by atoms with Gasteiger partial charge >= 0.3 is 0 Å². The van der Waals surface area contributed by atoms with Crippen LogP contribution in [-0.2, 0) is 11.3 Å². The summed E-state index contributed by atoms with van der Waals surface area (Å²) in [5.41, 5.74) is 5.73. The summed E-state index contributed by atoms with van der Waals surface area (Å²) in [4.78, 5) is 17.4. The van der Waals surface area contributed by atoms with Gasteiger partial charge in [-0.1, -0.05) is 11.6 Å². The van der Waals surface area contributed by atoms with E-state index in [0.717, 1.165) is 28.7 Å². The summed E-state index contributed by atoms with van der Waals surface area (Å²) >= 11 is 7.43. The first-order valence-electron chi connectivity index (χ1n) is 6.99. The Hall–Kier alpha value is -0.620. The van der Waals surface area contributed by atoms with E-state index in [1.54, 1.807) is 4.90 Å². The number of likely N-dealkylation sites (tertiary alicyclic amines) is 1. The van der Waals surface area contributed by atoms with Crippen molar-refractivity contribution in [2.45, 2.75) is 19.4 Å². The third-order valence-corrected chi connectivity index (χ3v) is 4.96. The minimum atomic E-state index is 0.159. The molecule has 2 N–H and O–H groups in total. The third kappa shape index (κ3) is 4.45. The molecule has 0 spiro atoms. The highest BCUT2D eigenvalue weighted by molar-refractivity contribution is 7.16. The topological polar surface area (TPSA) is 49.6 Å². The van der Waals surface area contributed by atoms with Crippen LogP contribution >= 0.6 is 22.9 Å². The van der Waals surface area contributed by atoms with Crippen molar-refractivity contribution >= 4 is 28.8 Å². The zero-order valence-electron chi connectivity index (χ0n) is 11.8. The van der Waals surface area contributed by atoms with Gasteiger partial charge in [0.1, 0.15) is 0 Å². The van der Waals surface area contributed by atoms with Crippen LogP contribution in [0.2, 0.25) is 4.34 Å². The maximum Gasteiger partial charge on any atom is 0.236 e. The summed E-state index contributed by atoms with van der Waals surface area (Å²) in [6.45, 7) is 3.78. The lowest BCUT2D eigenvalue weighted by Gasteiger charge is -2.32. The van der Waals surface area contributed by atoms with Crippen LogP contribution in [0.5, 0.6) is 0 Å². The van der Waals surface area contributed by atoms with Crippen molar-refractivity contribution in [2.24, 2.45) is 11.7 Å². The SMILES string of the molecule is CN(Cc1ccc(Cl)s1)C(=O)CN1CCCC(CN)C1. The van der Waals surface area contributed by atoms with E-state index in [1.165, 1.54) is 17.8 Å². The lowest BCUT2D eigenvalue weighted by molar-refractivity contribution is -0.132. The average molecular weight is 316 g/mol. The van der Waals surface area contributed by atoms with Crippen LogP contribution in [0, 0.1) is 5.92 Å². The van der Waals surface area contributed by atoms with E-state index in [9.17, 15) is 4.79 Å². The Morgan fingerprint density at radius 1 is 1.60 bits per heavy atom. The van der Waals surface area contributed by atoms with Gasteiger partial charge in [0.25, 0.3) is 0 Å². The molecule has 2 rings (SSSR count). The summed E-state index contributed by atoms with van der Waals surface area (Å²) < 4.78 is 0.766. The Morgan fingerprint density at radius 3 is 3.05 bits per heavy atom. The highest BCUT2D eigenvalue weighted by Gasteiger charge is 2.22. The predicted molar refractivity (Wildman–Crippen MR) is 84.0 cm³/mol. The van der Waals surface area contributed by atoms with Gasteiger partial charge < -0.3 is 10.6 Å². The molecule has 1 atom stereocenters. The van der Waals surface area contributed by atoms with Crippen molar-refractivity contribution in [3.8, 4) is 0 Å². The number of nitrogens with two attached hydrogens (primary N) is 1. The molecule has 0 radical (unpaired) electrons. The second-order valence-corrected chi connectivity index (χ2v) is 7.23. The summed E-state index contributed by atoms with van der Waals surface area (Å²) in [6, 6.07) is 3.85. The van der Waals surface area contributed by atoms with Gasteiger partial charge in [0, 0.05) is 18.5 Å². The van der Waals surface area contributed by atoms with Gasteiger partial charge in [-0.05, 0) is 44.0 Å². The fraction of sp³-hybridized carbons (Fsp3) is 0.643. The molecule has 1 aromatic rings. The smallest absolute Gasteiger partial charge is 0.236 e. The van der Waals surface area contributed by atoms with Crippen LogP contribution in [0.3, 0.4) is 0 Å². The number of carbonyl (C=O) groups is 1. The van der Waals surface area contributed by atoms with Crippen LogP contribution in [0.25, 0.3) is 0 Å². The second-order valence-electron chi connectivity index (χ2n) is 5.43. The molecule has 112 valence electrons. The summed E-state index contributed by atoms with van der Waals surface area (Å²) in [7, 11) is 1.85. The molecule has 0 aliphatic carbocycles. The zero-order valence-corrected chi connectivity index (χ0v) is 13.4. The Labute approximate surface area is 129 Å². The number of amides is 1. The molecule has 1 aliphatic heterocycles. The van der Waals surface area contributed by atoms with E-state index in [0.29, 0.717) is 25.6 Å². The van der Waals surface area contributed by atoms with Gasteiger partial charge in [-0.15, -0.1) is 11.3 Å². The first kappa shape index (κ1) is 15.8. The van der Waals surface area contributed by atoms with Crippen molar-refractivity contribution in [3.05, 3.63) is 21.3 Å². The summed E-state index contributed by atoms with van der Waals surface area (Å²) in [5.74, 6) is 0.699. The molecule has 1 amide bonds. The van der Waals surface area contributed by atoms with E-state index in [4.69, 9.17) is 17.3 Å². The molecule has 1 fully saturated rings. The van der Waals surface area contributed by atoms with Crippen molar-refractivity contribution in [3.63, 3.8) is 0 Å². The van der Waals surface area contributed by atoms with Gasteiger partial charge in [-0.3, -0.25) is 9.69 Å². The van der Waals surface area contributed by atoms with E-state index < -0.39 is 0 Å². The van der Waals surface area contributed by atoms with Gasteiger partial charge in [0.15, 0.2) is 0 Å². The van der Waals surface area contributed by atoms with Crippen LogP contribution in [0.15, 0.2) is 12.1 Å². The largest absolute Gasteiger partial charge is 0.340 e. The lowest BCUT2D eigenvalue weighted by atomic mass is 9.98. The standard InChI is InChI=1S/C14H22ClN3OS/c1-17(9-12-4-5-13(15)20-12)14(19)10-18-6-2-3-11(7-16)8-18/h4-5,11H,2-3,6-10,16H2,1H3. The first-order chi connectivity index (χ1) is 9.58. The van der Waals surface area contributed by atoms with Crippen molar-refractivity contribution < 1.29 is 4.79 Å². The molecular formula is C14H22ClN3OS. The van der Waals surface area contributed by atoms with Gasteiger partial charge in [-0.2, -0.15) is 0 Å². The molecule has 0 bridgehead atoms. The molecule has 1 aromatic heterocycles.